The maximum absolute atomic E-state index is 13.4. The lowest BCUT2D eigenvalue weighted by atomic mass is 9.92. The Hall–Kier alpha value is -4.38. The zero-order valence-electron chi connectivity index (χ0n) is 22.3. The first-order valence-electron chi connectivity index (χ1n) is 12.0. The number of amides is 1. The van der Waals surface area contributed by atoms with E-state index in [1.165, 1.54) is 32.8 Å². The largest absolute Gasteiger partial charge is 0.497 e. The first kappa shape index (κ1) is 27.6. The Labute approximate surface area is 227 Å². The molecule has 0 saturated heterocycles. The number of methoxy groups -OCH3 is 2. The summed E-state index contributed by atoms with van der Waals surface area (Å²) in [6.45, 7) is 5.69. The van der Waals surface area contributed by atoms with Crippen molar-refractivity contribution in [2.75, 3.05) is 29.6 Å². The molecule has 0 aliphatic rings. The van der Waals surface area contributed by atoms with Gasteiger partial charge in [-0.2, -0.15) is 0 Å². The van der Waals surface area contributed by atoms with Crippen LogP contribution in [-0.2, 0) is 14.8 Å². The summed E-state index contributed by atoms with van der Waals surface area (Å²) in [4.78, 5) is 21.4. The molecule has 1 amide bonds. The van der Waals surface area contributed by atoms with Crippen molar-refractivity contribution in [2.45, 2.75) is 25.7 Å². The standard InChI is InChI=1S/C28H30N5O5S/c1-28(2,3)17-25(34)29-18-9-8-10-22(15-18)39(35,36)33-27-26(31-23-11-6-7-12-24(23)32-27)30-19-13-20(37-4)16-21(14-19)38-5/h6-17H,1-5H3,(H,29,34)(H,30,31)(H,32,33). The second-order valence-corrected chi connectivity index (χ2v) is 11.5. The predicted octanol–water partition coefficient (Wildman–Crippen LogP) is 5.38. The first-order valence-corrected chi connectivity index (χ1v) is 13.5. The van der Waals surface area contributed by atoms with E-state index in [1.54, 1.807) is 48.5 Å². The molecule has 0 spiro atoms. The molecule has 0 unspecified atom stereocenters. The number of benzene rings is 3. The molecule has 1 aromatic heterocycles. The Morgan fingerprint density at radius 1 is 0.821 bits per heavy atom. The lowest BCUT2D eigenvalue weighted by Crippen LogP contribution is -2.21. The van der Waals surface area contributed by atoms with Gasteiger partial charge in [-0.15, -0.1) is 0 Å². The molecule has 1 radical (unpaired) electrons. The van der Waals surface area contributed by atoms with Crippen molar-refractivity contribution in [1.29, 1.82) is 0 Å². The Bertz CT molecular complexity index is 1590. The molecule has 203 valence electrons. The average Bonchev–Trinajstić information content (AvgIpc) is 2.87. The third kappa shape index (κ3) is 7.14. The average molecular weight is 549 g/mol. The number of ether oxygens (including phenoxy) is 2. The summed E-state index contributed by atoms with van der Waals surface area (Å²) in [5.41, 5.74) is 1.63. The van der Waals surface area contributed by atoms with Crippen LogP contribution in [0.4, 0.5) is 23.0 Å². The van der Waals surface area contributed by atoms with Gasteiger partial charge in [0.1, 0.15) is 11.5 Å². The first-order chi connectivity index (χ1) is 18.5. The molecule has 11 heteroatoms. The van der Waals surface area contributed by atoms with Crippen molar-refractivity contribution < 1.29 is 22.7 Å². The fourth-order valence-electron chi connectivity index (χ4n) is 3.67. The van der Waals surface area contributed by atoms with Gasteiger partial charge in [-0.05, 0) is 35.7 Å². The van der Waals surface area contributed by atoms with E-state index in [4.69, 9.17) is 9.47 Å². The van der Waals surface area contributed by atoms with Crippen molar-refractivity contribution in [2.24, 2.45) is 5.41 Å². The van der Waals surface area contributed by atoms with Crippen LogP contribution in [0.5, 0.6) is 11.5 Å². The smallest absolute Gasteiger partial charge is 0.263 e. The monoisotopic (exact) mass is 548 g/mol. The lowest BCUT2D eigenvalue weighted by Gasteiger charge is -2.17. The van der Waals surface area contributed by atoms with Crippen LogP contribution >= 0.6 is 0 Å². The van der Waals surface area contributed by atoms with Crippen molar-refractivity contribution in [1.82, 2.24) is 9.97 Å². The topological polar surface area (TPSA) is 132 Å². The van der Waals surface area contributed by atoms with Crippen LogP contribution in [0.15, 0.2) is 71.6 Å². The van der Waals surface area contributed by atoms with Crippen LogP contribution in [-0.4, -0.2) is 38.5 Å². The molecule has 1 heterocycles. The van der Waals surface area contributed by atoms with Crippen LogP contribution in [0.3, 0.4) is 0 Å². The summed E-state index contributed by atoms with van der Waals surface area (Å²) in [6, 6.07) is 18.3. The predicted molar refractivity (Wildman–Crippen MR) is 152 cm³/mol. The number of nitrogens with zero attached hydrogens (tertiary/aromatic N) is 2. The second kappa shape index (κ2) is 11.2. The number of sulfonamides is 1. The highest BCUT2D eigenvalue weighted by molar-refractivity contribution is 7.92. The fraction of sp³-hybridized carbons (Fsp3) is 0.214. The second-order valence-electron chi connectivity index (χ2n) is 9.77. The molecule has 0 fully saturated rings. The van der Waals surface area contributed by atoms with Gasteiger partial charge >= 0.3 is 0 Å². The quantitative estimate of drug-likeness (QED) is 0.254. The van der Waals surface area contributed by atoms with Crippen molar-refractivity contribution >= 4 is 50.0 Å². The van der Waals surface area contributed by atoms with E-state index >= 15 is 0 Å². The van der Waals surface area contributed by atoms with E-state index in [0.29, 0.717) is 33.9 Å². The number of anilines is 4. The number of carbonyl (C=O) groups excluding carboxylic acids is 1. The third-order valence-corrected chi connectivity index (χ3v) is 6.73. The van der Waals surface area contributed by atoms with E-state index in [1.807, 2.05) is 26.8 Å². The van der Waals surface area contributed by atoms with E-state index in [2.05, 4.69) is 25.3 Å². The Kier molecular flexibility index (Phi) is 7.91. The lowest BCUT2D eigenvalue weighted by molar-refractivity contribution is -0.114. The summed E-state index contributed by atoms with van der Waals surface area (Å²) in [6.07, 6.45) is 1.53. The van der Waals surface area contributed by atoms with Gasteiger partial charge in [0.15, 0.2) is 11.6 Å². The van der Waals surface area contributed by atoms with Gasteiger partial charge in [-0.25, -0.2) is 18.4 Å². The molecule has 3 aromatic carbocycles. The van der Waals surface area contributed by atoms with Crippen molar-refractivity contribution in [3.8, 4) is 11.5 Å². The highest BCUT2D eigenvalue weighted by atomic mass is 32.2. The fourth-order valence-corrected chi connectivity index (χ4v) is 4.73. The molecule has 4 aromatic rings. The highest BCUT2D eigenvalue weighted by Gasteiger charge is 2.21. The number of hydrogen-bond acceptors (Lipinski definition) is 8. The van der Waals surface area contributed by atoms with Crippen LogP contribution in [0.2, 0.25) is 0 Å². The number of fused-ring (bicyclic) bond motifs is 1. The van der Waals surface area contributed by atoms with Crippen LogP contribution in [0.25, 0.3) is 11.0 Å². The number of nitrogens with one attached hydrogen (secondary N) is 3. The zero-order chi connectivity index (χ0) is 28.2. The summed E-state index contributed by atoms with van der Waals surface area (Å²) < 4.78 is 40.1. The molecule has 10 nitrogen and oxygen atoms in total. The molecule has 0 bridgehead atoms. The van der Waals surface area contributed by atoms with Gasteiger partial charge in [-0.1, -0.05) is 39.0 Å². The van der Waals surface area contributed by atoms with Gasteiger partial charge < -0.3 is 20.1 Å². The summed E-state index contributed by atoms with van der Waals surface area (Å²) in [5.74, 6) is 0.916. The summed E-state index contributed by atoms with van der Waals surface area (Å²) >= 11 is 0. The van der Waals surface area contributed by atoms with Crippen LogP contribution < -0.4 is 24.8 Å². The number of hydrogen-bond donors (Lipinski definition) is 3. The van der Waals surface area contributed by atoms with E-state index in [9.17, 15) is 13.2 Å². The number of aromatic nitrogens is 2. The van der Waals surface area contributed by atoms with E-state index in [-0.39, 0.29) is 27.9 Å². The third-order valence-electron chi connectivity index (χ3n) is 5.39. The SMILES string of the molecule is COc1cc(Nc2nc3ccccc3nc2NS(=O)(=O)c2cccc(NC(=O)[CH]C(C)(C)C)c2)cc(OC)c1. The Morgan fingerprint density at radius 3 is 2.03 bits per heavy atom. The molecular formula is C28H30N5O5S. The van der Waals surface area contributed by atoms with Crippen LogP contribution in [0.1, 0.15) is 20.8 Å². The minimum atomic E-state index is -4.12. The maximum Gasteiger partial charge on any atom is 0.263 e. The molecule has 0 saturated carbocycles. The Morgan fingerprint density at radius 2 is 1.44 bits per heavy atom. The molecule has 0 aliphatic carbocycles. The van der Waals surface area contributed by atoms with Crippen molar-refractivity contribution in [3.63, 3.8) is 0 Å². The Balaban J connectivity index is 1.68. The van der Waals surface area contributed by atoms with Crippen LogP contribution in [0, 0.1) is 11.8 Å². The van der Waals surface area contributed by atoms with E-state index in [0.717, 1.165) is 0 Å². The van der Waals surface area contributed by atoms with Gasteiger partial charge in [-0.3, -0.25) is 9.52 Å². The number of carbonyl (C=O) groups is 1. The normalized spacial score (nSPS) is 11.6. The summed E-state index contributed by atoms with van der Waals surface area (Å²) in [7, 11) is -1.05. The molecule has 39 heavy (non-hydrogen) atoms. The van der Waals surface area contributed by atoms with Gasteiger partial charge in [0.2, 0.25) is 5.91 Å². The van der Waals surface area contributed by atoms with Gasteiger partial charge in [0.05, 0.1) is 36.6 Å². The molecular weight excluding hydrogens is 518 g/mol. The van der Waals surface area contributed by atoms with E-state index < -0.39 is 10.0 Å². The number of rotatable bonds is 9. The molecule has 0 atom stereocenters. The minimum absolute atomic E-state index is 0.00834. The van der Waals surface area contributed by atoms with Gasteiger partial charge in [0.25, 0.3) is 10.0 Å². The molecule has 3 N–H and O–H groups in total. The summed E-state index contributed by atoms with van der Waals surface area (Å²) in [5, 5.41) is 5.84. The van der Waals surface area contributed by atoms with Gasteiger partial charge in [0, 0.05) is 29.6 Å². The van der Waals surface area contributed by atoms with Crippen molar-refractivity contribution in [3.05, 3.63) is 73.2 Å². The maximum atomic E-state index is 13.4. The highest BCUT2D eigenvalue weighted by Crippen LogP contribution is 2.31. The number of para-hydroxylation sites is 2. The zero-order valence-corrected chi connectivity index (χ0v) is 23.1. The molecule has 4 rings (SSSR count). The minimum Gasteiger partial charge on any atom is -0.497 e. The molecule has 0 aliphatic heterocycles.